The Morgan fingerprint density at radius 3 is 2.29 bits per heavy atom. The third kappa shape index (κ3) is 5.99. The van der Waals surface area contributed by atoms with Crippen molar-refractivity contribution in [3.63, 3.8) is 0 Å². The summed E-state index contributed by atoms with van der Waals surface area (Å²) in [6, 6.07) is 0.702. The van der Waals surface area contributed by atoms with Crippen molar-refractivity contribution < 1.29 is 18.1 Å². The van der Waals surface area contributed by atoms with Gasteiger partial charge in [-0.15, -0.1) is 5.73 Å². The van der Waals surface area contributed by atoms with E-state index in [2.05, 4.69) is 11.0 Å². The van der Waals surface area contributed by atoms with Gasteiger partial charge in [0.2, 0.25) is 0 Å². The highest BCUT2D eigenvalue weighted by atomic mass is 28.4. The van der Waals surface area contributed by atoms with Crippen LogP contribution < -0.4 is 5.32 Å². The molecular weight excluding hydrogens is 286 g/mol. The number of hydrogen-bond donors (Lipinski definition) is 1. The number of amides is 1. The van der Waals surface area contributed by atoms with Gasteiger partial charge in [0.25, 0.3) is 5.91 Å². The molecule has 0 bridgehead atoms. The number of rotatable bonds is 11. The van der Waals surface area contributed by atoms with Crippen LogP contribution in [0.15, 0.2) is 29.5 Å². The molecule has 0 atom stereocenters. The lowest BCUT2D eigenvalue weighted by atomic mass is 10.3. The lowest BCUT2D eigenvalue weighted by Crippen LogP contribution is -2.46. The van der Waals surface area contributed by atoms with E-state index in [4.69, 9.17) is 13.3 Å². The molecule has 0 fully saturated rings. The summed E-state index contributed by atoms with van der Waals surface area (Å²) >= 11 is 0. The maximum Gasteiger partial charge on any atom is 0.500 e. The van der Waals surface area contributed by atoms with E-state index in [1.807, 2.05) is 20.8 Å². The molecule has 0 aromatic rings. The molecule has 0 saturated carbocycles. The topological polar surface area (TPSA) is 56.8 Å². The fourth-order valence-electron chi connectivity index (χ4n) is 2.07. The van der Waals surface area contributed by atoms with E-state index in [1.54, 1.807) is 18.2 Å². The third-order valence-electron chi connectivity index (χ3n) is 2.88. The molecule has 1 rings (SSSR count). The van der Waals surface area contributed by atoms with Crippen LogP contribution in [0.2, 0.25) is 6.04 Å². The first kappa shape index (κ1) is 17.9. The van der Waals surface area contributed by atoms with Gasteiger partial charge in [-0.1, -0.05) is 6.08 Å². The fraction of sp³-hybridized carbons (Fsp3) is 0.600. The van der Waals surface area contributed by atoms with Gasteiger partial charge in [-0.3, -0.25) is 4.79 Å². The molecule has 21 heavy (non-hydrogen) atoms. The Balaban J connectivity index is 2.40. The third-order valence-corrected chi connectivity index (χ3v) is 6.03. The van der Waals surface area contributed by atoms with Crippen molar-refractivity contribution in [2.75, 3.05) is 26.4 Å². The molecular formula is C15H25NO4Si. The molecule has 6 heteroatoms. The molecule has 0 radical (unpaired) electrons. The Morgan fingerprint density at radius 2 is 1.81 bits per heavy atom. The minimum absolute atomic E-state index is 0.100. The summed E-state index contributed by atoms with van der Waals surface area (Å²) in [6.07, 6.45) is 6.03. The Labute approximate surface area is 128 Å². The Kier molecular flexibility index (Phi) is 8.26. The van der Waals surface area contributed by atoms with E-state index in [0.717, 1.165) is 6.42 Å². The van der Waals surface area contributed by atoms with E-state index in [0.29, 0.717) is 38.0 Å². The van der Waals surface area contributed by atoms with Gasteiger partial charge in [0, 0.05) is 32.4 Å². The van der Waals surface area contributed by atoms with Gasteiger partial charge in [0.15, 0.2) is 0 Å². The second-order valence-electron chi connectivity index (χ2n) is 4.43. The number of carbonyl (C=O) groups is 1. The predicted octanol–water partition coefficient (Wildman–Crippen LogP) is 2.19. The van der Waals surface area contributed by atoms with Crippen molar-refractivity contribution in [2.45, 2.75) is 33.2 Å². The highest BCUT2D eigenvalue weighted by Gasteiger charge is 2.39. The van der Waals surface area contributed by atoms with Crippen LogP contribution in [-0.2, 0) is 18.1 Å². The monoisotopic (exact) mass is 311 g/mol. The van der Waals surface area contributed by atoms with Gasteiger partial charge in [0.1, 0.15) is 0 Å². The van der Waals surface area contributed by atoms with Gasteiger partial charge in [0.05, 0.1) is 5.57 Å². The van der Waals surface area contributed by atoms with Crippen LogP contribution in [0.5, 0.6) is 0 Å². The zero-order valence-corrected chi connectivity index (χ0v) is 14.1. The van der Waals surface area contributed by atoms with Crippen molar-refractivity contribution >= 4 is 14.7 Å². The predicted molar refractivity (Wildman–Crippen MR) is 83.8 cm³/mol. The zero-order valence-electron chi connectivity index (χ0n) is 13.1. The van der Waals surface area contributed by atoms with Crippen molar-refractivity contribution in [2.24, 2.45) is 0 Å². The minimum atomic E-state index is -2.59. The van der Waals surface area contributed by atoms with Crippen molar-refractivity contribution in [1.29, 1.82) is 0 Å². The first-order valence-corrected chi connectivity index (χ1v) is 9.44. The molecule has 1 aliphatic rings. The fourth-order valence-corrected chi connectivity index (χ4v) is 4.69. The first-order chi connectivity index (χ1) is 10.2. The second-order valence-corrected chi connectivity index (χ2v) is 7.16. The highest BCUT2D eigenvalue weighted by molar-refractivity contribution is 6.60. The summed E-state index contributed by atoms with van der Waals surface area (Å²) in [6.45, 7) is 8.09. The average molecular weight is 311 g/mol. The molecule has 0 aromatic heterocycles. The molecule has 0 saturated heterocycles. The molecule has 0 heterocycles. The largest absolute Gasteiger partial charge is 0.500 e. The van der Waals surface area contributed by atoms with E-state index < -0.39 is 8.80 Å². The van der Waals surface area contributed by atoms with Crippen LogP contribution in [0.1, 0.15) is 27.2 Å². The van der Waals surface area contributed by atoms with Crippen LogP contribution in [0.3, 0.4) is 0 Å². The standard InChI is InChI=1S/C15H25NO4Si/c1-4-18-21(19-5-2,20-6-3)13-9-12-16-15(17)14-10-7-8-11-14/h7-8,10H,4-6,9,12-13H2,1-3H3,(H,16,17). The summed E-state index contributed by atoms with van der Waals surface area (Å²) in [5, 5.41) is 2.87. The Hall–Kier alpha value is -1.17. The van der Waals surface area contributed by atoms with Gasteiger partial charge in [-0.25, -0.2) is 0 Å². The zero-order chi connectivity index (χ0) is 15.6. The van der Waals surface area contributed by atoms with Crippen LogP contribution in [0, 0.1) is 0 Å². The van der Waals surface area contributed by atoms with E-state index >= 15 is 0 Å². The summed E-state index contributed by atoms with van der Waals surface area (Å²) in [5.74, 6) is -0.100. The molecule has 118 valence electrons. The van der Waals surface area contributed by atoms with Crippen molar-refractivity contribution in [3.05, 3.63) is 29.5 Å². The lowest BCUT2D eigenvalue weighted by Gasteiger charge is -2.28. The van der Waals surface area contributed by atoms with E-state index in [9.17, 15) is 4.79 Å². The maximum atomic E-state index is 11.8. The normalized spacial score (nSPS) is 13.6. The van der Waals surface area contributed by atoms with Crippen LogP contribution in [0.4, 0.5) is 0 Å². The number of nitrogens with one attached hydrogen (secondary N) is 1. The number of allylic oxidation sites excluding steroid dienone is 1. The van der Waals surface area contributed by atoms with E-state index in [1.165, 1.54) is 0 Å². The number of carbonyl (C=O) groups excluding carboxylic acids is 1. The quantitative estimate of drug-likeness (QED) is 0.361. The molecule has 0 unspecified atom stereocenters. The van der Waals surface area contributed by atoms with Gasteiger partial charge < -0.3 is 18.6 Å². The van der Waals surface area contributed by atoms with Crippen molar-refractivity contribution in [3.8, 4) is 0 Å². The maximum absolute atomic E-state index is 11.8. The van der Waals surface area contributed by atoms with Gasteiger partial charge in [-0.2, -0.15) is 0 Å². The summed E-state index contributed by atoms with van der Waals surface area (Å²) in [7, 11) is -2.59. The molecule has 0 aliphatic heterocycles. The minimum Gasteiger partial charge on any atom is -0.374 e. The molecule has 1 amide bonds. The molecule has 0 spiro atoms. The molecule has 1 aliphatic carbocycles. The van der Waals surface area contributed by atoms with Crippen molar-refractivity contribution in [1.82, 2.24) is 5.32 Å². The first-order valence-electron chi connectivity index (χ1n) is 7.50. The van der Waals surface area contributed by atoms with Crippen LogP contribution in [0.25, 0.3) is 0 Å². The van der Waals surface area contributed by atoms with Crippen LogP contribution >= 0.6 is 0 Å². The summed E-state index contributed by atoms with van der Waals surface area (Å²) < 4.78 is 17.3. The second kappa shape index (κ2) is 9.71. The summed E-state index contributed by atoms with van der Waals surface area (Å²) in [4.78, 5) is 11.8. The van der Waals surface area contributed by atoms with Crippen LogP contribution in [-0.4, -0.2) is 41.1 Å². The SMILES string of the molecule is CCO[Si](CCCNC(=O)C1=C=CC=C1)(OCC)OCC. The van der Waals surface area contributed by atoms with Gasteiger partial charge >= 0.3 is 8.80 Å². The van der Waals surface area contributed by atoms with E-state index in [-0.39, 0.29) is 5.91 Å². The number of hydrogen-bond acceptors (Lipinski definition) is 4. The molecule has 1 N–H and O–H groups in total. The lowest BCUT2D eigenvalue weighted by molar-refractivity contribution is -0.117. The molecule has 5 nitrogen and oxygen atoms in total. The average Bonchev–Trinajstić information content (AvgIpc) is 2.98. The molecule has 0 aromatic carbocycles. The van der Waals surface area contributed by atoms with Gasteiger partial charge in [-0.05, 0) is 39.3 Å². The summed E-state index contributed by atoms with van der Waals surface area (Å²) in [5.41, 5.74) is 3.45. The smallest absolute Gasteiger partial charge is 0.374 e. The Bertz CT molecular complexity index is 410. The highest BCUT2D eigenvalue weighted by Crippen LogP contribution is 2.17. The Morgan fingerprint density at radius 1 is 1.19 bits per heavy atom.